The Morgan fingerprint density at radius 2 is 2.36 bits per heavy atom. The minimum absolute atomic E-state index is 0.269. The third kappa shape index (κ3) is 4.03. The van der Waals surface area contributed by atoms with Crippen LogP contribution in [0.25, 0.3) is 0 Å². The molecule has 0 aromatic carbocycles. The number of carbonyl (C=O) groups is 1. The molecule has 0 fully saturated rings. The van der Waals surface area contributed by atoms with Crippen LogP contribution in [0.15, 0.2) is 17.5 Å². The number of thiophene rings is 1. The molecule has 1 aromatic heterocycles. The first-order chi connectivity index (χ1) is 6.70. The van der Waals surface area contributed by atoms with E-state index >= 15 is 0 Å². The molecule has 0 bridgehead atoms. The maximum atomic E-state index is 11.5. The molecule has 3 heteroatoms. The van der Waals surface area contributed by atoms with Crippen molar-refractivity contribution in [2.75, 3.05) is 6.54 Å². The molecule has 0 radical (unpaired) electrons. The van der Waals surface area contributed by atoms with Gasteiger partial charge in [-0.1, -0.05) is 19.9 Å². The lowest BCUT2D eigenvalue weighted by atomic mass is 10.2. The molecule has 1 rings (SSSR count). The molecular weight excluding hydrogens is 194 g/mol. The topological polar surface area (TPSA) is 29.1 Å². The summed E-state index contributed by atoms with van der Waals surface area (Å²) in [5, 5.41) is 5.24. The fourth-order valence-electron chi connectivity index (χ4n) is 1.20. The summed E-state index contributed by atoms with van der Waals surface area (Å²) in [7, 11) is 0. The van der Waals surface area contributed by atoms with E-state index in [1.165, 1.54) is 11.3 Å². The maximum Gasteiger partial charge on any atom is 0.172 e. The third-order valence-corrected chi connectivity index (χ3v) is 2.84. The van der Waals surface area contributed by atoms with Crippen LogP contribution in [0.4, 0.5) is 0 Å². The second kappa shape index (κ2) is 5.94. The van der Waals surface area contributed by atoms with Crippen LogP contribution >= 0.6 is 11.3 Å². The monoisotopic (exact) mass is 211 g/mol. The molecule has 0 saturated heterocycles. The summed E-state index contributed by atoms with van der Waals surface area (Å²) in [5.41, 5.74) is 0. The van der Waals surface area contributed by atoms with Crippen molar-refractivity contribution in [3.8, 4) is 0 Å². The first-order valence-electron chi connectivity index (χ1n) is 5.00. The molecule has 0 amide bonds. The number of ketones is 1. The van der Waals surface area contributed by atoms with E-state index in [1.807, 2.05) is 17.5 Å². The quantitative estimate of drug-likeness (QED) is 0.579. The van der Waals surface area contributed by atoms with Crippen molar-refractivity contribution in [3.63, 3.8) is 0 Å². The van der Waals surface area contributed by atoms with Gasteiger partial charge < -0.3 is 5.32 Å². The summed E-state index contributed by atoms with van der Waals surface area (Å²) in [6, 6.07) is 4.32. The summed E-state index contributed by atoms with van der Waals surface area (Å²) >= 11 is 1.53. The van der Waals surface area contributed by atoms with Gasteiger partial charge in [0.1, 0.15) is 0 Å². The standard InChI is InChI=1S/C11H17NOS/c1-9(2)12-7-3-5-10(13)11-6-4-8-14-11/h4,6,8-9,12H,3,5,7H2,1-2H3. The van der Waals surface area contributed by atoms with Gasteiger partial charge >= 0.3 is 0 Å². The predicted molar refractivity (Wildman–Crippen MR) is 61.0 cm³/mol. The summed E-state index contributed by atoms with van der Waals surface area (Å²) in [6.45, 7) is 5.15. The average Bonchev–Trinajstić information content (AvgIpc) is 2.64. The van der Waals surface area contributed by atoms with Crippen molar-refractivity contribution in [3.05, 3.63) is 22.4 Å². The van der Waals surface area contributed by atoms with Crippen molar-refractivity contribution in [1.29, 1.82) is 0 Å². The second-order valence-electron chi connectivity index (χ2n) is 3.61. The van der Waals surface area contributed by atoms with Gasteiger partial charge in [0.25, 0.3) is 0 Å². The number of rotatable bonds is 6. The zero-order chi connectivity index (χ0) is 10.4. The van der Waals surface area contributed by atoms with Gasteiger partial charge in [0.2, 0.25) is 0 Å². The number of nitrogens with one attached hydrogen (secondary N) is 1. The highest BCUT2D eigenvalue weighted by atomic mass is 32.1. The number of hydrogen-bond donors (Lipinski definition) is 1. The first-order valence-corrected chi connectivity index (χ1v) is 5.88. The van der Waals surface area contributed by atoms with Gasteiger partial charge in [-0.3, -0.25) is 4.79 Å². The van der Waals surface area contributed by atoms with Crippen LogP contribution in [0, 0.1) is 0 Å². The molecule has 1 aromatic rings. The zero-order valence-corrected chi connectivity index (χ0v) is 9.56. The Morgan fingerprint density at radius 1 is 1.57 bits per heavy atom. The van der Waals surface area contributed by atoms with E-state index in [4.69, 9.17) is 0 Å². The number of Topliss-reactive ketones (excluding diaryl/α,β-unsaturated/α-hetero) is 1. The van der Waals surface area contributed by atoms with Crippen molar-refractivity contribution >= 4 is 17.1 Å². The smallest absolute Gasteiger partial charge is 0.172 e. The lowest BCUT2D eigenvalue weighted by molar-refractivity contribution is 0.0983. The highest BCUT2D eigenvalue weighted by Gasteiger charge is 2.05. The molecular formula is C11H17NOS. The van der Waals surface area contributed by atoms with Crippen molar-refractivity contribution in [2.24, 2.45) is 0 Å². The lowest BCUT2D eigenvalue weighted by Crippen LogP contribution is -2.24. The van der Waals surface area contributed by atoms with Crippen molar-refractivity contribution in [1.82, 2.24) is 5.32 Å². The van der Waals surface area contributed by atoms with Crippen LogP contribution in [0.5, 0.6) is 0 Å². The Bertz CT molecular complexity index is 267. The second-order valence-corrected chi connectivity index (χ2v) is 4.56. The SMILES string of the molecule is CC(C)NCCCC(=O)c1cccs1. The highest BCUT2D eigenvalue weighted by Crippen LogP contribution is 2.11. The van der Waals surface area contributed by atoms with Crippen LogP contribution < -0.4 is 5.32 Å². The van der Waals surface area contributed by atoms with E-state index in [1.54, 1.807) is 0 Å². The number of carbonyl (C=O) groups excluding carboxylic acids is 1. The van der Waals surface area contributed by atoms with Gasteiger partial charge in [-0.2, -0.15) is 0 Å². The predicted octanol–water partition coefficient (Wildman–Crippen LogP) is 2.71. The molecule has 14 heavy (non-hydrogen) atoms. The summed E-state index contributed by atoms with van der Waals surface area (Å²) in [5.74, 6) is 0.269. The molecule has 78 valence electrons. The first kappa shape index (κ1) is 11.4. The maximum absolute atomic E-state index is 11.5. The van der Waals surface area contributed by atoms with E-state index in [-0.39, 0.29) is 5.78 Å². The fraction of sp³-hybridized carbons (Fsp3) is 0.545. The van der Waals surface area contributed by atoms with E-state index in [0.29, 0.717) is 12.5 Å². The molecule has 0 saturated carbocycles. The minimum atomic E-state index is 0.269. The Hall–Kier alpha value is -0.670. The summed E-state index contributed by atoms with van der Waals surface area (Å²) in [6.07, 6.45) is 1.58. The Kier molecular flexibility index (Phi) is 4.84. The molecule has 0 atom stereocenters. The van der Waals surface area contributed by atoms with Crippen molar-refractivity contribution in [2.45, 2.75) is 32.7 Å². The van der Waals surface area contributed by atoms with Gasteiger partial charge in [0, 0.05) is 12.5 Å². The van der Waals surface area contributed by atoms with Crippen LogP contribution in [-0.2, 0) is 0 Å². The van der Waals surface area contributed by atoms with E-state index < -0.39 is 0 Å². The molecule has 0 aliphatic rings. The van der Waals surface area contributed by atoms with Crippen molar-refractivity contribution < 1.29 is 4.79 Å². The van der Waals surface area contributed by atoms with Gasteiger partial charge in [-0.05, 0) is 24.4 Å². The Balaban J connectivity index is 2.16. The van der Waals surface area contributed by atoms with Gasteiger partial charge in [-0.25, -0.2) is 0 Å². The summed E-state index contributed by atoms with van der Waals surface area (Å²) < 4.78 is 0. The molecule has 1 heterocycles. The fourth-order valence-corrected chi connectivity index (χ4v) is 1.89. The van der Waals surface area contributed by atoms with Crippen LogP contribution in [0.2, 0.25) is 0 Å². The lowest BCUT2D eigenvalue weighted by Gasteiger charge is -2.06. The molecule has 2 nitrogen and oxygen atoms in total. The van der Waals surface area contributed by atoms with Gasteiger partial charge in [0.05, 0.1) is 4.88 Å². The highest BCUT2D eigenvalue weighted by molar-refractivity contribution is 7.12. The Morgan fingerprint density at radius 3 is 2.93 bits per heavy atom. The van der Waals surface area contributed by atoms with E-state index in [9.17, 15) is 4.79 Å². The van der Waals surface area contributed by atoms with Crippen LogP contribution in [0.3, 0.4) is 0 Å². The largest absolute Gasteiger partial charge is 0.315 e. The average molecular weight is 211 g/mol. The summed E-state index contributed by atoms with van der Waals surface area (Å²) in [4.78, 5) is 12.4. The van der Waals surface area contributed by atoms with Crippen LogP contribution in [0.1, 0.15) is 36.4 Å². The van der Waals surface area contributed by atoms with Crippen LogP contribution in [-0.4, -0.2) is 18.4 Å². The minimum Gasteiger partial charge on any atom is -0.315 e. The normalized spacial score (nSPS) is 10.8. The molecule has 0 aliphatic heterocycles. The molecule has 1 N–H and O–H groups in total. The van der Waals surface area contributed by atoms with Gasteiger partial charge in [0.15, 0.2) is 5.78 Å². The molecule has 0 aliphatic carbocycles. The Labute approximate surface area is 89.3 Å². The number of hydrogen-bond acceptors (Lipinski definition) is 3. The van der Waals surface area contributed by atoms with E-state index in [2.05, 4.69) is 19.2 Å². The van der Waals surface area contributed by atoms with Gasteiger partial charge in [-0.15, -0.1) is 11.3 Å². The zero-order valence-electron chi connectivity index (χ0n) is 8.75. The third-order valence-electron chi connectivity index (χ3n) is 1.93. The molecule has 0 unspecified atom stereocenters. The van der Waals surface area contributed by atoms with E-state index in [0.717, 1.165) is 17.8 Å². The molecule has 0 spiro atoms.